The van der Waals surface area contributed by atoms with Crippen LogP contribution in [0.5, 0.6) is 0 Å². The number of ether oxygens (including phenoxy) is 2. The first-order chi connectivity index (χ1) is 13.5. The third-order valence-electron chi connectivity index (χ3n) is 4.05. The van der Waals surface area contributed by atoms with E-state index in [-0.39, 0.29) is 17.4 Å². The highest BCUT2D eigenvalue weighted by molar-refractivity contribution is 6.00. The fraction of sp³-hybridized carbons (Fsp3) is 0.350. The second-order valence-corrected chi connectivity index (χ2v) is 6.71. The first-order valence-electron chi connectivity index (χ1n) is 8.88. The Morgan fingerprint density at radius 3 is 2.14 bits per heavy atom. The number of aromatic nitrogens is 1. The van der Waals surface area contributed by atoms with Crippen LogP contribution in [0.4, 0.5) is 14.5 Å². The predicted molar refractivity (Wildman–Crippen MR) is 101 cm³/mol. The second kappa shape index (κ2) is 8.85. The minimum atomic E-state index is -1.35. The number of H-pyrrole nitrogens is 1. The van der Waals surface area contributed by atoms with Gasteiger partial charge in [0.05, 0.1) is 11.7 Å². The summed E-state index contributed by atoms with van der Waals surface area (Å²) in [7, 11) is 0. The maximum Gasteiger partial charge on any atom is 0.355 e. The first-order valence-corrected chi connectivity index (χ1v) is 8.88. The number of nitrogens with one attached hydrogen (secondary N) is 2. The molecule has 2 N–H and O–H groups in total. The summed E-state index contributed by atoms with van der Waals surface area (Å²) < 4.78 is 37.5. The highest BCUT2D eigenvalue weighted by Crippen LogP contribution is 2.22. The van der Waals surface area contributed by atoms with E-state index in [0.717, 1.165) is 18.2 Å². The van der Waals surface area contributed by atoms with Gasteiger partial charge in [-0.3, -0.25) is 4.79 Å². The lowest BCUT2D eigenvalue weighted by molar-refractivity contribution is -0.123. The molecule has 2 aromatic rings. The number of aromatic amines is 1. The molecule has 0 aliphatic rings. The SMILES string of the molecule is Cc1[nH]c(C(=O)O[C@H](C)C(=O)Nc2c(F)cccc2F)c(C)c1C(=O)OC(C)C. The zero-order valence-electron chi connectivity index (χ0n) is 16.7. The largest absolute Gasteiger partial charge is 0.459 e. The summed E-state index contributed by atoms with van der Waals surface area (Å²) in [6, 6.07) is 3.12. The maximum absolute atomic E-state index is 13.7. The average Bonchev–Trinajstić information content (AvgIpc) is 2.91. The van der Waals surface area contributed by atoms with Gasteiger partial charge < -0.3 is 19.8 Å². The third kappa shape index (κ3) is 4.98. The topological polar surface area (TPSA) is 97.5 Å². The number of halogens is 2. The minimum absolute atomic E-state index is 0.0186. The number of amides is 1. The number of benzene rings is 1. The van der Waals surface area contributed by atoms with E-state index in [4.69, 9.17) is 9.47 Å². The van der Waals surface area contributed by atoms with Gasteiger partial charge in [-0.2, -0.15) is 0 Å². The normalized spacial score (nSPS) is 11.9. The van der Waals surface area contributed by atoms with Crippen molar-refractivity contribution in [2.24, 2.45) is 0 Å². The Labute approximate surface area is 166 Å². The van der Waals surface area contributed by atoms with Gasteiger partial charge in [-0.25, -0.2) is 18.4 Å². The molecule has 0 spiro atoms. The van der Waals surface area contributed by atoms with Crippen molar-refractivity contribution < 1.29 is 32.6 Å². The number of carbonyl (C=O) groups excluding carboxylic acids is 3. The van der Waals surface area contributed by atoms with Crippen LogP contribution in [0.3, 0.4) is 0 Å². The van der Waals surface area contributed by atoms with Crippen LogP contribution in [0, 0.1) is 25.5 Å². The van der Waals surface area contributed by atoms with E-state index in [1.54, 1.807) is 20.8 Å². The van der Waals surface area contributed by atoms with Crippen molar-refractivity contribution in [2.75, 3.05) is 5.32 Å². The molecule has 2 rings (SSSR count). The van der Waals surface area contributed by atoms with Crippen LogP contribution in [0.15, 0.2) is 18.2 Å². The highest BCUT2D eigenvalue weighted by atomic mass is 19.1. The first kappa shape index (κ1) is 22.1. The van der Waals surface area contributed by atoms with Gasteiger partial charge in [-0.15, -0.1) is 0 Å². The summed E-state index contributed by atoms with van der Waals surface area (Å²) in [5.74, 6) is -4.32. The van der Waals surface area contributed by atoms with Gasteiger partial charge in [0.1, 0.15) is 23.0 Å². The smallest absolute Gasteiger partial charge is 0.355 e. The number of carbonyl (C=O) groups is 3. The van der Waals surface area contributed by atoms with Gasteiger partial charge >= 0.3 is 11.9 Å². The van der Waals surface area contributed by atoms with E-state index < -0.39 is 41.3 Å². The second-order valence-electron chi connectivity index (χ2n) is 6.71. The summed E-state index contributed by atoms with van der Waals surface area (Å²) in [4.78, 5) is 39.6. The zero-order chi connectivity index (χ0) is 21.9. The van der Waals surface area contributed by atoms with Crippen molar-refractivity contribution in [3.05, 3.63) is 52.3 Å². The predicted octanol–water partition coefficient (Wildman–Crippen LogP) is 3.66. The Morgan fingerprint density at radius 2 is 1.59 bits per heavy atom. The number of esters is 2. The molecule has 156 valence electrons. The van der Waals surface area contributed by atoms with E-state index in [9.17, 15) is 23.2 Å². The molecule has 9 heteroatoms. The van der Waals surface area contributed by atoms with Gasteiger partial charge in [0.15, 0.2) is 6.10 Å². The van der Waals surface area contributed by atoms with Crippen LogP contribution in [0.25, 0.3) is 0 Å². The standard InChI is InChI=1S/C20H22F2N2O5/c1-9(2)28-19(26)15-10(3)16(23-11(15)4)20(27)29-12(5)18(25)24-17-13(21)7-6-8-14(17)22/h6-9,12,23H,1-5H3,(H,24,25)/t12-/m1/s1. The van der Waals surface area contributed by atoms with Gasteiger partial charge in [0, 0.05) is 5.69 Å². The number of hydrogen-bond acceptors (Lipinski definition) is 5. The monoisotopic (exact) mass is 408 g/mol. The van der Waals surface area contributed by atoms with E-state index >= 15 is 0 Å². The summed E-state index contributed by atoms with van der Waals surface area (Å²) in [5.41, 5.74) is 0.272. The Morgan fingerprint density at radius 1 is 1.00 bits per heavy atom. The lowest BCUT2D eigenvalue weighted by atomic mass is 10.1. The molecular weight excluding hydrogens is 386 g/mol. The molecule has 0 unspecified atom stereocenters. The fourth-order valence-electron chi connectivity index (χ4n) is 2.65. The molecule has 0 radical (unpaired) electrons. The van der Waals surface area contributed by atoms with Crippen molar-refractivity contribution in [1.29, 1.82) is 0 Å². The summed E-state index contributed by atoms with van der Waals surface area (Å²) in [6.07, 6.45) is -1.69. The molecule has 1 aromatic carbocycles. The van der Waals surface area contributed by atoms with Gasteiger partial charge in [0.25, 0.3) is 5.91 Å². The third-order valence-corrected chi connectivity index (χ3v) is 4.05. The number of anilines is 1. The van der Waals surface area contributed by atoms with E-state index in [2.05, 4.69) is 10.3 Å². The molecule has 1 atom stereocenters. The number of hydrogen-bond donors (Lipinski definition) is 2. The maximum atomic E-state index is 13.7. The zero-order valence-corrected chi connectivity index (χ0v) is 16.7. The molecule has 1 aromatic heterocycles. The van der Waals surface area contributed by atoms with E-state index in [1.165, 1.54) is 13.8 Å². The molecule has 1 amide bonds. The fourth-order valence-corrected chi connectivity index (χ4v) is 2.65. The minimum Gasteiger partial charge on any atom is -0.459 e. The quantitative estimate of drug-likeness (QED) is 0.711. The van der Waals surface area contributed by atoms with Crippen LogP contribution in [-0.4, -0.2) is 35.0 Å². The number of para-hydroxylation sites is 1. The van der Waals surface area contributed by atoms with E-state index in [0.29, 0.717) is 11.3 Å². The molecule has 1 heterocycles. The van der Waals surface area contributed by atoms with Crippen LogP contribution in [-0.2, 0) is 14.3 Å². The molecule has 0 saturated heterocycles. The number of rotatable bonds is 6. The molecule has 0 aliphatic carbocycles. The van der Waals surface area contributed by atoms with Gasteiger partial charge in [-0.05, 0) is 52.3 Å². The van der Waals surface area contributed by atoms with Crippen LogP contribution < -0.4 is 5.32 Å². The lowest BCUT2D eigenvalue weighted by Crippen LogP contribution is -2.31. The average molecular weight is 408 g/mol. The Bertz CT molecular complexity index is 932. The van der Waals surface area contributed by atoms with E-state index in [1.807, 2.05) is 0 Å². The van der Waals surface area contributed by atoms with Crippen molar-refractivity contribution in [1.82, 2.24) is 4.98 Å². The van der Waals surface area contributed by atoms with Gasteiger partial charge in [0.2, 0.25) is 0 Å². The molecule has 0 bridgehead atoms. The molecular formula is C20H22F2N2O5. The Kier molecular flexibility index (Phi) is 6.73. The highest BCUT2D eigenvalue weighted by Gasteiger charge is 2.27. The summed E-state index contributed by atoms with van der Waals surface area (Å²) in [5, 5.41) is 2.06. The van der Waals surface area contributed by atoms with Crippen LogP contribution in [0.1, 0.15) is 52.9 Å². The van der Waals surface area contributed by atoms with Gasteiger partial charge in [-0.1, -0.05) is 6.07 Å². The van der Waals surface area contributed by atoms with Crippen molar-refractivity contribution in [3.8, 4) is 0 Å². The van der Waals surface area contributed by atoms with Crippen molar-refractivity contribution in [2.45, 2.75) is 46.8 Å². The molecule has 0 saturated carbocycles. The number of aryl methyl sites for hydroxylation is 1. The van der Waals surface area contributed by atoms with Crippen molar-refractivity contribution >= 4 is 23.5 Å². The molecule has 29 heavy (non-hydrogen) atoms. The molecule has 0 aliphatic heterocycles. The molecule has 0 fully saturated rings. The Hall–Kier alpha value is -3.23. The molecule has 7 nitrogen and oxygen atoms in total. The lowest BCUT2D eigenvalue weighted by Gasteiger charge is -2.14. The Balaban J connectivity index is 2.13. The van der Waals surface area contributed by atoms with Crippen LogP contribution >= 0.6 is 0 Å². The van der Waals surface area contributed by atoms with Crippen molar-refractivity contribution in [3.63, 3.8) is 0 Å². The summed E-state index contributed by atoms with van der Waals surface area (Å²) in [6.45, 7) is 7.78. The summed E-state index contributed by atoms with van der Waals surface area (Å²) >= 11 is 0. The van der Waals surface area contributed by atoms with Crippen LogP contribution in [0.2, 0.25) is 0 Å².